The number of H-pyrrole nitrogens is 1. The van der Waals surface area contributed by atoms with Crippen molar-refractivity contribution < 1.29 is 28.7 Å². The number of esters is 1. The Morgan fingerprint density at radius 1 is 0.926 bits per heavy atom. The second-order valence-corrected chi connectivity index (χ2v) is 6.92. The molecule has 0 saturated carbocycles. The average Bonchev–Trinajstić information content (AvgIpc) is 3.25. The number of benzene rings is 1. The molecule has 1 aliphatic carbocycles. The van der Waals surface area contributed by atoms with Gasteiger partial charge in [-0.3, -0.25) is 29.8 Å². The van der Waals surface area contributed by atoms with Crippen LogP contribution in [-0.4, -0.2) is 41.7 Å². The zero-order chi connectivity index (χ0) is 19.0. The highest BCUT2D eigenvalue weighted by Crippen LogP contribution is 2.52. The van der Waals surface area contributed by atoms with Gasteiger partial charge in [0.15, 0.2) is 0 Å². The molecule has 1 aromatic heterocycles. The molecule has 1 aromatic carbocycles. The molecule has 9 heteroatoms. The quantitative estimate of drug-likeness (QED) is 0.467. The van der Waals surface area contributed by atoms with Crippen LogP contribution < -0.4 is 10.6 Å². The Kier molecular flexibility index (Phi) is 2.93. The lowest BCUT2D eigenvalue weighted by Gasteiger charge is -2.30. The molecule has 3 aliphatic rings. The number of aromatic nitrogens is 1. The molecule has 3 N–H and O–H groups in total. The van der Waals surface area contributed by atoms with Crippen molar-refractivity contribution in [2.45, 2.75) is 11.8 Å². The molecule has 4 atom stereocenters. The van der Waals surface area contributed by atoms with E-state index in [0.29, 0.717) is 22.2 Å². The van der Waals surface area contributed by atoms with Crippen LogP contribution in [0.4, 0.5) is 0 Å². The molecule has 3 heterocycles. The maximum Gasteiger partial charge on any atom is 0.337 e. The molecule has 4 amide bonds. The molecule has 2 aliphatic heterocycles. The maximum atomic E-state index is 12.5. The van der Waals surface area contributed by atoms with Crippen molar-refractivity contribution in [3.05, 3.63) is 35.0 Å². The zero-order valence-electron chi connectivity index (χ0n) is 14.0. The first-order valence-corrected chi connectivity index (χ1v) is 8.35. The zero-order valence-corrected chi connectivity index (χ0v) is 14.0. The Balaban J connectivity index is 1.82. The lowest BCUT2D eigenvalue weighted by molar-refractivity contribution is -0.132. The topological polar surface area (TPSA) is 134 Å². The van der Waals surface area contributed by atoms with Crippen molar-refractivity contribution in [1.29, 1.82) is 0 Å². The van der Waals surface area contributed by atoms with Gasteiger partial charge in [-0.25, -0.2) is 4.79 Å². The standard InChI is InChI=1S/C18H13N3O6/c1-27-18(26)5-2-3-7-6(4-5)8-9-10(15(23)20-14(9)22)11-12(13(8)19-7)17(25)21-16(11)24/h2-4,9-12,19H,1H3,(H,20,22,23)(H,21,24,25). The van der Waals surface area contributed by atoms with Crippen LogP contribution in [0.3, 0.4) is 0 Å². The van der Waals surface area contributed by atoms with E-state index >= 15 is 0 Å². The Hall–Kier alpha value is -3.49. The van der Waals surface area contributed by atoms with Gasteiger partial charge in [0.2, 0.25) is 23.6 Å². The third-order valence-corrected chi connectivity index (χ3v) is 5.68. The van der Waals surface area contributed by atoms with Gasteiger partial charge < -0.3 is 9.72 Å². The number of methoxy groups -OCH3 is 1. The average molecular weight is 367 g/mol. The minimum absolute atomic E-state index is 0.280. The van der Waals surface area contributed by atoms with Crippen LogP contribution in [-0.2, 0) is 23.9 Å². The van der Waals surface area contributed by atoms with Crippen molar-refractivity contribution in [2.24, 2.45) is 11.8 Å². The first kappa shape index (κ1) is 15.7. The number of imide groups is 2. The van der Waals surface area contributed by atoms with Gasteiger partial charge in [0, 0.05) is 16.6 Å². The fourth-order valence-corrected chi connectivity index (χ4v) is 4.61. The van der Waals surface area contributed by atoms with Crippen LogP contribution in [0.2, 0.25) is 0 Å². The van der Waals surface area contributed by atoms with Crippen LogP contribution in [0.25, 0.3) is 10.9 Å². The number of carbonyl (C=O) groups is 5. The van der Waals surface area contributed by atoms with Gasteiger partial charge in [0.25, 0.3) is 0 Å². The van der Waals surface area contributed by atoms with Crippen molar-refractivity contribution in [2.75, 3.05) is 7.11 Å². The van der Waals surface area contributed by atoms with Crippen molar-refractivity contribution in [3.8, 4) is 0 Å². The van der Waals surface area contributed by atoms with E-state index in [0.717, 1.165) is 0 Å². The molecule has 4 unspecified atom stereocenters. The first-order valence-electron chi connectivity index (χ1n) is 8.35. The number of rotatable bonds is 1. The molecule has 27 heavy (non-hydrogen) atoms. The highest BCUT2D eigenvalue weighted by atomic mass is 16.5. The summed E-state index contributed by atoms with van der Waals surface area (Å²) in [5, 5.41) is 5.10. The van der Waals surface area contributed by atoms with Crippen LogP contribution in [0.1, 0.15) is 33.5 Å². The summed E-state index contributed by atoms with van der Waals surface area (Å²) in [6, 6.07) is 4.77. The fourth-order valence-electron chi connectivity index (χ4n) is 4.61. The summed E-state index contributed by atoms with van der Waals surface area (Å²) >= 11 is 0. The monoisotopic (exact) mass is 367 g/mol. The predicted molar refractivity (Wildman–Crippen MR) is 88.4 cm³/mol. The molecular weight excluding hydrogens is 354 g/mol. The summed E-state index contributed by atoms with van der Waals surface area (Å²) in [5.74, 6) is -6.34. The fraction of sp³-hybridized carbons (Fsp3) is 0.278. The molecule has 2 saturated heterocycles. The highest BCUT2D eigenvalue weighted by Gasteiger charge is 2.61. The minimum Gasteiger partial charge on any atom is -0.465 e. The van der Waals surface area contributed by atoms with Crippen LogP contribution >= 0.6 is 0 Å². The number of hydrogen-bond acceptors (Lipinski definition) is 6. The number of amides is 4. The summed E-state index contributed by atoms with van der Waals surface area (Å²) in [4.78, 5) is 64.7. The smallest absolute Gasteiger partial charge is 0.337 e. The van der Waals surface area contributed by atoms with Crippen LogP contribution in [0.15, 0.2) is 18.2 Å². The maximum absolute atomic E-state index is 12.5. The Bertz CT molecular complexity index is 1100. The molecule has 0 bridgehead atoms. The van der Waals surface area contributed by atoms with Gasteiger partial charge in [-0.15, -0.1) is 0 Å². The number of nitrogens with one attached hydrogen (secondary N) is 3. The van der Waals surface area contributed by atoms with Crippen LogP contribution in [0, 0.1) is 11.8 Å². The van der Waals surface area contributed by atoms with E-state index in [4.69, 9.17) is 4.74 Å². The lowest BCUT2D eigenvalue weighted by Crippen LogP contribution is -2.37. The highest BCUT2D eigenvalue weighted by molar-refractivity contribution is 6.17. The lowest BCUT2D eigenvalue weighted by atomic mass is 9.67. The number of ether oxygens (including phenoxy) is 1. The van der Waals surface area contributed by atoms with Gasteiger partial charge in [0.1, 0.15) is 0 Å². The number of aromatic amines is 1. The van der Waals surface area contributed by atoms with E-state index in [1.807, 2.05) is 0 Å². The summed E-state index contributed by atoms with van der Waals surface area (Å²) in [7, 11) is 1.26. The van der Waals surface area contributed by atoms with E-state index < -0.39 is 53.3 Å². The van der Waals surface area contributed by atoms with Gasteiger partial charge in [0.05, 0.1) is 36.3 Å². The Labute approximate surface area is 151 Å². The molecule has 0 radical (unpaired) electrons. The van der Waals surface area contributed by atoms with Gasteiger partial charge >= 0.3 is 5.97 Å². The number of fused-ring (bicyclic) bond motifs is 8. The third-order valence-electron chi connectivity index (χ3n) is 5.68. The van der Waals surface area contributed by atoms with Crippen LogP contribution in [0.5, 0.6) is 0 Å². The van der Waals surface area contributed by atoms with E-state index in [9.17, 15) is 24.0 Å². The van der Waals surface area contributed by atoms with Crippen molar-refractivity contribution in [3.63, 3.8) is 0 Å². The predicted octanol–water partition coefficient (Wildman–Crippen LogP) is -0.320. The summed E-state index contributed by atoms with van der Waals surface area (Å²) in [6.07, 6.45) is 0. The van der Waals surface area contributed by atoms with Crippen molar-refractivity contribution in [1.82, 2.24) is 15.6 Å². The van der Waals surface area contributed by atoms with Gasteiger partial charge in [-0.05, 0) is 23.8 Å². The van der Waals surface area contributed by atoms with E-state index in [-0.39, 0.29) is 5.56 Å². The second kappa shape index (κ2) is 5.03. The number of hydrogen-bond donors (Lipinski definition) is 3. The van der Waals surface area contributed by atoms with Gasteiger partial charge in [-0.2, -0.15) is 0 Å². The first-order chi connectivity index (χ1) is 12.9. The molecule has 136 valence electrons. The Morgan fingerprint density at radius 3 is 2.22 bits per heavy atom. The molecular formula is C18H13N3O6. The largest absolute Gasteiger partial charge is 0.465 e. The van der Waals surface area contributed by atoms with E-state index in [1.54, 1.807) is 18.2 Å². The molecule has 0 spiro atoms. The van der Waals surface area contributed by atoms with E-state index in [1.165, 1.54) is 7.11 Å². The second-order valence-electron chi connectivity index (χ2n) is 6.92. The van der Waals surface area contributed by atoms with E-state index in [2.05, 4.69) is 15.6 Å². The van der Waals surface area contributed by atoms with Gasteiger partial charge in [-0.1, -0.05) is 0 Å². The SMILES string of the molecule is COC(=O)c1ccc2[nH]c3c(c2c1)C1C(=O)NC(=O)C1C1C(=O)NC(=O)C31. The molecule has 2 aromatic rings. The molecule has 5 rings (SSSR count). The Morgan fingerprint density at radius 2 is 1.56 bits per heavy atom. The molecule has 9 nitrogen and oxygen atoms in total. The minimum atomic E-state index is -0.956. The summed E-state index contributed by atoms with van der Waals surface area (Å²) in [5.41, 5.74) is 1.80. The van der Waals surface area contributed by atoms with Crippen molar-refractivity contribution >= 4 is 40.5 Å². The molecule has 2 fully saturated rings. The third kappa shape index (κ3) is 1.85. The number of carbonyl (C=O) groups excluding carboxylic acids is 5. The summed E-state index contributed by atoms with van der Waals surface area (Å²) < 4.78 is 4.74. The summed E-state index contributed by atoms with van der Waals surface area (Å²) in [6.45, 7) is 0. The normalized spacial score (nSPS) is 28.5.